The summed E-state index contributed by atoms with van der Waals surface area (Å²) in [6.45, 7) is 9.55. The number of hydrogen-bond acceptors (Lipinski definition) is 5. The van der Waals surface area contributed by atoms with Crippen molar-refractivity contribution in [2.75, 3.05) is 19.8 Å². The normalized spacial score (nSPS) is 14.6. The molecule has 6 nitrogen and oxygen atoms in total. The first-order valence-electron chi connectivity index (χ1n) is 14.2. The van der Waals surface area contributed by atoms with Gasteiger partial charge in [-0.25, -0.2) is 0 Å². The summed E-state index contributed by atoms with van der Waals surface area (Å²) in [4.78, 5) is 29.6. The summed E-state index contributed by atoms with van der Waals surface area (Å²) in [5.41, 5.74) is 4.58. The lowest BCUT2D eigenvalue weighted by Crippen LogP contribution is -2.31. The van der Waals surface area contributed by atoms with Crippen LogP contribution in [0.25, 0.3) is 11.0 Å². The minimum absolute atomic E-state index is 0.122. The SMILES string of the molecule is CCCCCOc1ccc(C2c3c(oc4cc(C)c(C)cc4c3=O)C(=O)N2CCc2ccccc2)cc1OCC. The molecular formula is C34H37NO5. The number of hydrogen-bond donors (Lipinski definition) is 0. The first-order valence-corrected chi connectivity index (χ1v) is 14.2. The molecule has 3 aromatic carbocycles. The number of benzene rings is 3. The topological polar surface area (TPSA) is 69.0 Å². The van der Waals surface area contributed by atoms with Crippen molar-refractivity contribution in [2.45, 2.75) is 59.4 Å². The monoisotopic (exact) mass is 539 g/mol. The predicted octanol–water partition coefficient (Wildman–Crippen LogP) is 7.17. The average molecular weight is 540 g/mol. The van der Waals surface area contributed by atoms with E-state index >= 15 is 0 Å². The van der Waals surface area contributed by atoms with Gasteiger partial charge in [-0.2, -0.15) is 0 Å². The predicted molar refractivity (Wildman–Crippen MR) is 158 cm³/mol. The van der Waals surface area contributed by atoms with Gasteiger partial charge in [0.15, 0.2) is 16.9 Å². The molecule has 0 fully saturated rings. The van der Waals surface area contributed by atoms with Crippen LogP contribution in [0.4, 0.5) is 0 Å². The van der Waals surface area contributed by atoms with Gasteiger partial charge in [-0.15, -0.1) is 0 Å². The van der Waals surface area contributed by atoms with Gasteiger partial charge in [0, 0.05) is 6.54 Å². The van der Waals surface area contributed by atoms with Crippen molar-refractivity contribution >= 4 is 16.9 Å². The lowest BCUT2D eigenvalue weighted by molar-refractivity contribution is 0.0729. The van der Waals surface area contributed by atoms with Crippen LogP contribution in [0.3, 0.4) is 0 Å². The lowest BCUT2D eigenvalue weighted by atomic mass is 9.97. The Kier molecular flexibility index (Phi) is 8.24. The second-order valence-electron chi connectivity index (χ2n) is 10.4. The van der Waals surface area contributed by atoms with E-state index in [4.69, 9.17) is 13.9 Å². The zero-order valence-electron chi connectivity index (χ0n) is 23.8. The molecule has 0 N–H and O–H groups in total. The summed E-state index contributed by atoms with van der Waals surface area (Å²) in [6, 6.07) is 18.9. The number of aryl methyl sites for hydroxylation is 2. The zero-order valence-corrected chi connectivity index (χ0v) is 23.8. The summed E-state index contributed by atoms with van der Waals surface area (Å²) in [5, 5.41) is 0.491. The molecule has 40 heavy (non-hydrogen) atoms. The van der Waals surface area contributed by atoms with Crippen LogP contribution >= 0.6 is 0 Å². The number of ether oxygens (including phenoxy) is 2. The second-order valence-corrected chi connectivity index (χ2v) is 10.4. The van der Waals surface area contributed by atoms with Gasteiger partial charge in [0.1, 0.15) is 5.58 Å². The van der Waals surface area contributed by atoms with Crippen molar-refractivity contribution in [1.82, 2.24) is 4.90 Å². The summed E-state index contributed by atoms with van der Waals surface area (Å²) < 4.78 is 18.2. The molecule has 208 valence electrons. The standard InChI is InChI=1S/C34H37NO5/c1-5-7-11-18-39-27-15-14-25(21-29(27)38-6-2)31-30-32(36)26-19-22(3)23(4)20-28(26)40-33(30)34(37)35(31)17-16-24-12-9-8-10-13-24/h8-10,12-15,19-21,31H,5-7,11,16-18H2,1-4H3. The Morgan fingerprint density at radius 1 is 0.875 bits per heavy atom. The van der Waals surface area contributed by atoms with Crippen LogP contribution in [0, 0.1) is 13.8 Å². The Labute approximate surface area is 235 Å². The van der Waals surface area contributed by atoms with Crippen LogP contribution in [0.1, 0.15) is 77.5 Å². The molecule has 1 aliphatic heterocycles. The maximum Gasteiger partial charge on any atom is 0.290 e. The fourth-order valence-corrected chi connectivity index (χ4v) is 5.36. The van der Waals surface area contributed by atoms with Crippen LogP contribution in [-0.2, 0) is 6.42 Å². The number of amides is 1. The van der Waals surface area contributed by atoms with Crippen LogP contribution in [0.2, 0.25) is 0 Å². The van der Waals surface area contributed by atoms with E-state index in [0.29, 0.717) is 54.2 Å². The first kappa shape index (κ1) is 27.5. The highest BCUT2D eigenvalue weighted by atomic mass is 16.5. The quantitative estimate of drug-likeness (QED) is 0.189. The highest BCUT2D eigenvalue weighted by Gasteiger charge is 2.42. The van der Waals surface area contributed by atoms with Gasteiger partial charge in [0.05, 0.1) is 30.2 Å². The molecular weight excluding hydrogens is 502 g/mol. The van der Waals surface area contributed by atoms with Crippen molar-refractivity contribution in [3.63, 3.8) is 0 Å². The summed E-state index contributed by atoms with van der Waals surface area (Å²) >= 11 is 0. The fourth-order valence-electron chi connectivity index (χ4n) is 5.36. The van der Waals surface area contributed by atoms with Crippen LogP contribution < -0.4 is 14.9 Å². The van der Waals surface area contributed by atoms with E-state index in [9.17, 15) is 9.59 Å². The van der Waals surface area contributed by atoms with Gasteiger partial charge >= 0.3 is 0 Å². The molecule has 1 amide bonds. The second kappa shape index (κ2) is 12.0. The molecule has 2 heterocycles. The Hall–Kier alpha value is -4.06. The third-order valence-electron chi connectivity index (χ3n) is 7.66. The van der Waals surface area contributed by atoms with E-state index in [0.717, 1.165) is 41.5 Å². The maximum absolute atomic E-state index is 14.0. The third-order valence-corrected chi connectivity index (χ3v) is 7.66. The van der Waals surface area contributed by atoms with Crippen LogP contribution in [0.5, 0.6) is 11.5 Å². The van der Waals surface area contributed by atoms with Gasteiger partial charge in [-0.3, -0.25) is 9.59 Å². The molecule has 0 bridgehead atoms. The van der Waals surface area contributed by atoms with Gasteiger partial charge in [0.2, 0.25) is 5.76 Å². The lowest BCUT2D eigenvalue weighted by Gasteiger charge is -2.26. The van der Waals surface area contributed by atoms with Crippen molar-refractivity contribution in [1.29, 1.82) is 0 Å². The molecule has 0 saturated heterocycles. The summed E-state index contributed by atoms with van der Waals surface area (Å²) in [5.74, 6) is 1.12. The van der Waals surface area contributed by atoms with Gasteiger partial charge in [-0.1, -0.05) is 56.2 Å². The van der Waals surface area contributed by atoms with E-state index in [1.54, 1.807) is 4.90 Å². The van der Waals surface area contributed by atoms with E-state index < -0.39 is 6.04 Å². The van der Waals surface area contributed by atoms with Gasteiger partial charge in [-0.05, 0) is 80.1 Å². The van der Waals surface area contributed by atoms with E-state index in [2.05, 4.69) is 6.92 Å². The zero-order chi connectivity index (χ0) is 28.2. The Morgan fingerprint density at radius 3 is 2.40 bits per heavy atom. The number of carbonyl (C=O) groups excluding carboxylic acids is 1. The number of nitrogens with zero attached hydrogens (tertiary/aromatic N) is 1. The molecule has 1 atom stereocenters. The molecule has 1 aromatic heterocycles. The Balaban J connectivity index is 1.60. The molecule has 5 rings (SSSR count). The summed E-state index contributed by atoms with van der Waals surface area (Å²) in [7, 11) is 0. The molecule has 1 unspecified atom stereocenters. The molecule has 0 radical (unpaired) electrons. The van der Waals surface area contributed by atoms with E-state index in [1.807, 2.05) is 81.4 Å². The summed E-state index contributed by atoms with van der Waals surface area (Å²) in [6.07, 6.45) is 3.83. The van der Waals surface area contributed by atoms with E-state index in [1.165, 1.54) is 0 Å². The largest absolute Gasteiger partial charge is 0.490 e. The van der Waals surface area contributed by atoms with Gasteiger partial charge < -0.3 is 18.8 Å². The molecule has 0 aliphatic carbocycles. The van der Waals surface area contributed by atoms with Crippen molar-refractivity contribution < 1.29 is 18.7 Å². The van der Waals surface area contributed by atoms with Crippen molar-refractivity contribution in [3.05, 3.63) is 104 Å². The minimum Gasteiger partial charge on any atom is -0.490 e. The Bertz CT molecular complexity index is 1570. The number of rotatable bonds is 11. The average Bonchev–Trinajstić information content (AvgIpc) is 3.24. The minimum atomic E-state index is -0.596. The molecule has 0 saturated carbocycles. The molecule has 0 spiro atoms. The first-order chi connectivity index (χ1) is 19.4. The van der Waals surface area contributed by atoms with E-state index in [-0.39, 0.29) is 17.1 Å². The molecule has 6 heteroatoms. The highest BCUT2D eigenvalue weighted by molar-refractivity contribution is 5.99. The maximum atomic E-state index is 14.0. The smallest absolute Gasteiger partial charge is 0.290 e. The van der Waals surface area contributed by atoms with Crippen LogP contribution in [-0.4, -0.2) is 30.6 Å². The van der Waals surface area contributed by atoms with Crippen molar-refractivity contribution in [3.8, 4) is 11.5 Å². The number of fused-ring (bicyclic) bond motifs is 2. The Morgan fingerprint density at radius 2 is 1.65 bits per heavy atom. The van der Waals surface area contributed by atoms with Crippen LogP contribution in [0.15, 0.2) is 69.9 Å². The fraction of sp³-hybridized carbons (Fsp3) is 0.353. The highest BCUT2D eigenvalue weighted by Crippen LogP contribution is 2.41. The number of carbonyl (C=O) groups is 1. The molecule has 4 aromatic rings. The molecule has 1 aliphatic rings. The van der Waals surface area contributed by atoms with Gasteiger partial charge in [0.25, 0.3) is 5.91 Å². The third kappa shape index (κ3) is 5.35. The number of unbranched alkanes of at least 4 members (excludes halogenated alkanes) is 2. The van der Waals surface area contributed by atoms with Crippen molar-refractivity contribution in [2.24, 2.45) is 0 Å².